The second kappa shape index (κ2) is 6.10. The Hall–Kier alpha value is -0.970. The minimum absolute atomic E-state index is 0.0330. The summed E-state index contributed by atoms with van der Waals surface area (Å²) in [6.45, 7) is 2.03. The number of phenolic OH excluding ortho intramolecular Hbond substituents is 1. The lowest BCUT2D eigenvalue weighted by Gasteiger charge is -2.12. The number of hydrogen-bond acceptors (Lipinski definition) is 4. The molecule has 0 saturated carbocycles. The van der Waals surface area contributed by atoms with Crippen LogP contribution < -0.4 is 5.73 Å². The summed E-state index contributed by atoms with van der Waals surface area (Å²) in [5.41, 5.74) is 6.39. The van der Waals surface area contributed by atoms with E-state index >= 15 is 0 Å². The smallest absolute Gasteiger partial charge is 0.307 e. The minimum atomic E-state index is -0.565. The quantitative estimate of drug-likeness (QED) is 0.830. The normalized spacial score (nSPS) is 12.2. The molecule has 4 nitrogen and oxygen atoms in total. The van der Waals surface area contributed by atoms with Crippen LogP contribution in [-0.4, -0.2) is 17.7 Å². The number of ether oxygens (including phenoxy) is 1. The van der Waals surface area contributed by atoms with Crippen molar-refractivity contribution in [2.75, 3.05) is 6.61 Å². The highest BCUT2D eigenvalue weighted by molar-refractivity contribution is 6.37. The second-order valence-corrected chi connectivity index (χ2v) is 4.26. The minimum Gasteiger partial charge on any atom is -0.505 e. The predicted octanol–water partition coefficient (Wildman–Crippen LogP) is 2.65. The van der Waals surface area contributed by atoms with Crippen LogP contribution in [0.5, 0.6) is 5.75 Å². The van der Waals surface area contributed by atoms with Crippen molar-refractivity contribution >= 4 is 29.2 Å². The number of rotatable bonds is 4. The summed E-state index contributed by atoms with van der Waals surface area (Å²) < 4.78 is 4.78. The summed E-state index contributed by atoms with van der Waals surface area (Å²) in [6, 6.07) is 2.39. The average Bonchev–Trinajstić information content (AvgIpc) is 2.25. The highest BCUT2D eigenvalue weighted by Crippen LogP contribution is 2.34. The molecule has 0 aliphatic heterocycles. The van der Waals surface area contributed by atoms with Crippen LogP contribution in [0.15, 0.2) is 12.1 Å². The number of benzene rings is 1. The lowest BCUT2D eigenvalue weighted by molar-refractivity contribution is -0.143. The van der Waals surface area contributed by atoms with Crippen LogP contribution in [0.25, 0.3) is 0 Å². The summed E-state index contributed by atoms with van der Waals surface area (Å²) in [5.74, 6) is -0.583. The van der Waals surface area contributed by atoms with Crippen molar-refractivity contribution in [3.05, 3.63) is 27.7 Å². The standard InChI is InChI=1S/C11H13Cl2NO3/c1-2-17-10(15)5-9(14)6-3-7(12)11(16)8(13)4-6/h3-4,9,16H,2,5,14H2,1H3/t9-/m0/s1. The molecular formula is C11H13Cl2NO3. The summed E-state index contributed by atoms with van der Waals surface area (Å²) in [4.78, 5) is 11.2. The van der Waals surface area contributed by atoms with E-state index in [0.717, 1.165) is 0 Å². The van der Waals surface area contributed by atoms with E-state index in [9.17, 15) is 9.90 Å². The van der Waals surface area contributed by atoms with Crippen LogP contribution in [0, 0.1) is 0 Å². The molecule has 1 aromatic carbocycles. The molecule has 1 rings (SSSR count). The zero-order valence-electron chi connectivity index (χ0n) is 9.24. The van der Waals surface area contributed by atoms with E-state index < -0.39 is 6.04 Å². The molecule has 0 unspecified atom stereocenters. The van der Waals surface area contributed by atoms with Crippen molar-refractivity contribution in [1.82, 2.24) is 0 Å². The first kappa shape index (κ1) is 14.1. The second-order valence-electron chi connectivity index (χ2n) is 3.45. The van der Waals surface area contributed by atoms with Gasteiger partial charge in [-0.25, -0.2) is 0 Å². The Kier molecular flexibility index (Phi) is 5.05. The van der Waals surface area contributed by atoms with Crippen LogP contribution in [0.1, 0.15) is 24.9 Å². The lowest BCUT2D eigenvalue weighted by Crippen LogP contribution is -2.17. The SMILES string of the molecule is CCOC(=O)C[C@H](N)c1cc(Cl)c(O)c(Cl)c1. The zero-order chi connectivity index (χ0) is 13.0. The van der Waals surface area contributed by atoms with Crippen molar-refractivity contribution in [2.45, 2.75) is 19.4 Å². The molecule has 17 heavy (non-hydrogen) atoms. The van der Waals surface area contributed by atoms with Crippen molar-refractivity contribution < 1.29 is 14.6 Å². The number of esters is 1. The highest BCUT2D eigenvalue weighted by Gasteiger charge is 2.15. The molecule has 3 N–H and O–H groups in total. The van der Waals surface area contributed by atoms with E-state index in [2.05, 4.69) is 0 Å². The fourth-order valence-corrected chi connectivity index (χ4v) is 1.82. The maximum absolute atomic E-state index is 11.2. The number of hydrogen-bond donors (Lipinski definition) is 2. The van der Waals surface area contributed by atoms with Gasteiger partial charge in [0.2, 0.25) is 0 Å². The van der Waals surface area contributed by atoms with Gasteiger partial charge in [0.05, 0.1) is 23.1 Å². The van der Waals surface area contributed by atoms with E-state index in [1.807, 2.05) is 0 Å². The summed E-state index contributed by atoms with van der Waals surface area (Å²) in [5, 5.41) is 9.59. The van der Waals surface area contributed by atoms with Crippen LogP contribution in [0.3, 0.4) is 0 Å². The highest BCUT2D eigenvalue weighted by atomic mass is 35.5. The van der Waals surface area contributed by atoms with E-state index in [1.54, 1.807) is 6.92 Å². The van der Waals surface area contributed by atoms with Gasteiger partial charge in [-0.1, -0.05) is 23.2 Å². The molecule has 0 aliphatic carbocycles. The monoisotopic (exact) mass is 277 g/mol. The average molecular weight is 278 g/mol. The summed E-state index contributed by atoms with van der Waals surface area (Å²) in [6.07, 6.45) is 0.0330. The van der Waals surface area contributed by atoms with Gasteiger partial charge in [-0.15, -0.1) is 0 Å². The third kappa shape index (κ3) is 3.77. The predicted molar refractivity (Wildman–Crippen MR) is 66.3 cm³/mol. The molecule has 0 spiro atoms. The molecule has 0 aromatic heterocycles. The fourth-order valence-electron chi connectivity index (χ4n) is 1.32. The third-order valence-corrected chi connectivity index (χ3v) is 2.74. The zero-order valence-corrected chi connectivity index (χ0v) is 10.8. The Labute approximate surface area is 109 Å². The summed E-state index contributed by atoms with van der Waals surface area (Å²) >= 11 is 11.5. The lowest BCUT2D eigenvalue weighted by atomic mass is 10.0. The first-order chi connectivity index (χ1) is 7.95. The molecule has 0 saturated heterocycles. The summed E-state index contributed by atoms with van der Waals surface area (Å²) in [7, 11) is 0. The van der Waals surface area contributed by atoms with Crippen LogP contribution >= 0.6 is 23.2 Å². The number of halogens is 2. The van der Waals surface area contributed by atoms with Gasteiger partial charge in [0.25, 0.3) is 0 Å². The van der Waals surface area contributed by atoms with Gasteiger partial charge in [-0.05, 0) is 24.6 Å². The molecule has 0 radical (unpaired) electrons. The maximum atomic E-state index is 11.2. The Morgan fingerprint density at radius 2 is 2.00 bits per heavy atom. The van der Waals surface area contributed by atoms with Crippen LogP contribution in [-0.2, 0) is 9.53 Å². The van der Waals surface area contributed by atoms with Gasteiger partial charge < -0.3 is 15.6 Å². The Morgan fingerprint density at radius 3 is 2.47 bits per heavy atom. The van der Waals surface area contributed by atoms with E-state index in [1.165, 1.54) is 12.1 Å². The van der Waals surface area contributed by atoms with Gasteiger partial charge in [-0.3, -0.25) is 4.79 Å². The van der Waals surface area contributed by atoms with Gasteiger partial charge in [-0.2, -0.15) is 0 Å². The Morgan fingerprint density at radius 1 is 1.47 bits per heavy atom. The third-order valence-electron chi connectivity index (χ3n) is 2.16. The Balaban J connectivity index is 2.82. The van der Waals surface area contributed by atoms with Crippen LogP contribution in [0.2, 0.25) is 10.0 Å². The number of carbonyl (C=O) groups is 1. The Bertz CT molecular complexity index is 400. The van der Waals surface area contributed by atoms with E-state index in [-0.39, 0.29) is 28.2 Å². The number of aromatic hydroxyl groups is 1. The molecule has 0 amide bonds. The first-order valence-corrected chi connectivity index (χ1v) is 5.80. The first-order valence-electron chi connectivity index (χ1n) is 5.04. The van der Waals surface area contributed by atoms with Crippen molar-refractivity contribution in [2.24, 2.45) is 5.73 Å². The largest absolute Gasteiger partial charge is 0.505 e. The van der Waals surface area contributed by atoms with Crippen molar-refractivity contribution in [3.63, 3.8) is 0 Å². The topological polar surface area (TPSA) is 72.5 Å². The van der Waals surface area contributed by atoms with Gasteiger partial charge in [0, 0.05) is 6.04 Å². The van der Waals surface area contributed by atoms with Gasteiger partial charge in [0.1, 0.15) is 0 Å². The van der Waals surface area contributed by atoms with Crippen molar-refractivity contribution in [1.29, 1.82) is 0 Å². The molecule has 0 heterocycles. The number of nitrogens with two attached hydrogens (primary N) is 1. The number of phenols is 1. The number of carbonyl (C=O) groups excluding carboxylic acids is 1. The van der Waals surface area contributed by atoms with E-state index in [0.29, 0.717) is 12.2 Å². The molecular weight excluding hydrogens is 265 g/mol. The molecule has 0 aliphatic rings. The van der Waals surface area contributed by atoms with Crippen LogP contribution in [0.4, 0.5) is 0 Å². The molecule has 0 bridgehead atoms. The van der Waals surface area contributed by atoms with Gasteiger partial charge in [0.15, 0.2) is 5.75 Å². The molecule has 0 fully saturated rings. The van der Waals surface area contributed by atoms with Gasteiger partial charge >= 0.3 is 5.97 Å². The molecule has 1 atom stereocenters. The molecule has 94 valence electrons. The maximum Gasteiger partial charge on any atom is 0.307 e. The van der Waals surface area contributed by atoms with Crippen molar-refractivity contribution in [3.8, 4) is 5.75 Å². The molecule has 1 aromatic rings. The molecule has 6 heteroatoms. The fraction of sp³-hybridized carbons (Fsp3) is 0.364. The van der Waals surface area contributed by atoms with E-state index in [4.69, 9.17) is 33.7 Å².